The molecule has 0 saturated carbocycles. The van der Waals surface area contributed by atoms with Crippen molar-refractivity contribution >= 4 is 33.2 Å². The zero-order valence-corrected chi connectivity index (χ0v) is 17.7. The van der Waals surface area contributed by atoms with E-state index in [1.165, 1.54) is 17.5 Å². The Kier molecular flexibility index (Phi) is 6.45. The van der Waals surface area contributed by atoms with Crippen molar-refractivity contribution in [3.63, 3.8) is 0 Å². The van der Waals surface area contributed by atoms with E-state index in [9.17, 15) is 17.6 Å². The van der Waals surface area contributed by atoms with E-state index in [1.807, 2.05) is 0 Å². The number of methoxy groups -OCH3 is 1. The van der Waals surface area contributed by atoms with E-state index in [-0.39, 0.29) is 29.6 Å². The monoisotopic (exact) mass is 440 g/mol. The van der Waals surface area contributed by atoms with Crippen molar-refractivity contribution in [3.05, 3.63) is 52.8 Å². The summed E-state index contributed by atoms with van der Waals surface area (Å²) in [4.78, 5) is 12.5. The first kappa shape index (κ1) is 21.5. The van der Waals surface area contributed by atoms with Gasteiger partial charge in [-0.05, 0) is 55.7 Å². The minimum Gasteiger partial charge on any atom is -0.495 e. The number of hydrogen-bond acceptors (Lipinski definition) is 4. The standard InChI is InChI=1S/C20H22ClFN2O4S/c1-13-16(21)6-3-7-17(13)23-20(25)14-5-4-10-24(12-14)29(26,27)19-11-15(22)8-9-18(19)28-2/h3,6-9,11,14H,4-5,10,12H2,1-2H3,(H,23,25)/t14-/m0/s1. The van der Waals surface area contributed by atoms with Crippen LogP contribution in [0.1, 0.15) is 18.4 Å². The van der Waals surface area contributed by atoms with Gasteiger partial charge in [0.1, 0.15) is 16.5 Å². The lowest BCUT2D eigenvalue weighted by atomic mass is 9.98. The van der Waals surface area contributed by atoms with Gasteiger partial charge in [0.05, 0.1) is 13.0 Å². The van der Waals surface area contributed by atoms with Crippen LogP contribution in [0.5, 0.6) is 5.75 Å². The van der Waals surface area contributed by atoms with Crippen molar-refractivity contribution in [2.45, 2.75) is 24.7 Å². The molecule has 0 aliphatic carbocycles. The number of nitrogens with one attached hydrogen (secondary N) is 1. The maximum atomic E-state index is 13.7. The number of hydrogen-bond donors (Lipinski definition) is 1. The van der Waals surface area contributed by atoms with Crippen molar-refractivity contribution < 1.29 is 22.3 Å². The van der Waals surface area contributed by atoms with Gasteiger partial charge in [-0.1, -0.05) is 17.7 Å². The summed E-state index contributed by atoms with van der Waals surface area (Å²) in [5, 5.41) is 3.37. The summed E-state index contributed by atoms with van der Waals surface area (Å²) in [6.45, 7) is 2.06. The summed E-state index contributed by atoms with van der Waals surface area (Å²) in [5.74, 6) is -1.42. The molecule has 1 amide bonds. The molecule has 1 atom stereocenters. The first-order chi connectivity index (χ1) is 13.7. The Morgan fingerprint density at radius 2 is 2.07 bits per heavy atom. The molecule has 0 bridgehead atoms. The molecule has 1 fully saturated rings. The molecule has 1 heterocycles. The van der Waals surface area contributed by atoms with Gasteiger partial charge in [0, 0.05) is 23.8 Å². The van der Waals surface area contributed by atoms with Gasteiger partial charge >= 0.3 is 0 Å². The number of piperidine rings is 1. The summed E-state index contributed by atoms with van der Waals surface area (Å²) in [5.41, 5.74) is 1.33. The van der Waals surface area contributed by atoms with Crippen LogP contribution in [0.25, 0.3) is 0 Å². The number of ether oxygens (including phenoxy) is 1. The van der Waals surface area contributed by atoms with Crippen molar-refractivity contribution in [2.75, 3.05) is 25.5 Å². The first-order valence-corrected chi connectivity index (χ1v) is 11.0. The van der Waals surface area contributed by atoms with Crippen LogP contribution in [0, 0.1) is 18.7 Å². The molecular formula is C20H22ClFN2O4S. The molecule has 1 aliphatic rings. The van der Waals surface area contributed by atoms with E-state index >= 15 is 0 Å². The molecule has 0 radical (unpaired) electrons. The zero-order chi connectivity index (χ0) is 21.2. The molecule has 1 aliphatic heterocycles. The van der Waals surface area contributed by atoms with E-state index in [0.29, 0.717) is 23.6 Å². The second-order valence-electron chi connectivity index (χ2n) is 6.90. The molecule has 1 saturated heterocycles. The number of carbonyl (C=O) groups excluding carboxylic acids is 1. The molecule has 156 valence electrons. The summed E-state index contributed by atoms with van der Waals surface area (Å²) < 4.78 is 46.1. The minimum atomic E-state index is -4.01. The molecule has 1 N–H and O–H groups in total. The van der Waals surface area contributed by atoms with E-state index in [1.54, 1.807) is 25.1 Å². The van der Waals surface area contributed by atoms with Crippen LogP contribution < -0.4 is 10.1 Å². The van der Waals surface area contributed by atoms with E-state index in [4.69, 9.17) is 16.3 Å². The molecule has 3 rings (SSSR count). The highest BCUT2D eigenvalue weighted by Gasteiger charge is 2.35. The summed E-state index contributed by atoms with van der Waals surface area (Å²) in [6.07, 6.45) is 1.07. The average molecular weight is 441 g/mol. The molecule has 0 aromatic heterocycles. The van der Waals surface area contributed by atoms with Gasteiger partial charge < -0.3 is 10.1 Å². The van der Waals surface area contributed by atoms with Gasteiger partial charge in [-0.3, -0.25) is 4.79 Å². The predicted molar refractivity (Wildman–Crippen MR) is 109 cm³/mol. The first-order valence-electron chi connectivity index (χ1n) is 9.13. The number of rotatable bonds is 5. The lowest BCUT2D eigenvalue weighted by Gasteiger charge is -2.31. The Morgan fingerprint density at radius 3 is 2.79 bits per heavy atom. The lowest BCUT2D eigenvalue weighted by molar-refractivity contribution is -0.120. The maximum Gasteiger partial charge on any atom is 0.246 e. The van der Waals surface area contributed by atoms with Crippen molar-refractivity contribution in [2.24, 2.45) is 5.92 Å². The number of amides is 1. The summed E-state index contributed by atoms with van der Waals surface area (Å²) in [7, 11) is -2.69. The smallest absolute Gasteiger partial charge is 0.246 e. The maximum absolute atomic E-state index is 13.7. The number of nitrogens with zero attached hydrogens (tertiary/aromatic N) is 1. The zero-order valence-electron chi connectivity index (χ0n) is 16.1. The Bertz CT molecular complexity index is 1030. The number of sulfonamides is 1. The van der Waals surface area contributed by atoms with Gasteiger partial charge in [-0.15, -0.1) is 0 Å². The van der Waals surface area contributed by atoms with Gasteiger partial charge in [-0.2, -0.15) is 4.31 Å². The van der Waals surface area contributed by atoms with E-state index in [0.717, 1.165) is 17.7 Å². The Hall–Kier alpha value is -2.16. The lowest BCUT2D eigenvalue weighted by Crippen LogP contribution is -2.43. The fourth-order valence-corrected chi connectivity index (χ4v) is 5.21. The van der Waals surface area contributed by atoms with Crippen LogP contribution in [0.2, 0.25) is 5.02 Å². The predicted octanol–water partition coefficient (Wildman–Crippen LogP) is 3.84. The van der Waals surface area contributed by atoms with Crippen LogP contribution in [-0.4, -0.2) is 38.8 Å². The van der Waals surface area contributed by atoms with Crippen LogP contribution in [0.15, 0.2) is 41.3 Å². The quantitative estimate of drug-likeness (QED) is 0.766. The molecule has 0 spiro atoms. The molecular weight excluding hydrogens is 419 g/mol. The number of anilines is 1. The fraction of sp³-hybridized carbons (Fsp3) is 0.350. The largest absolute Gasteiger partial charge is 0.495 e. The summed E-state index contributed by atoms with van der Waals surface area (Å²) >= 11 is 6.09. The Labute approximate surface area is 174 Å². The second kappa shape index (κ2) is 8.69. The fourth-order valence-electron chi connectivity index (χ4n) is 3.34. The van der Waals surface area contributed by atoms with Gasteiger partial charge in [0.25, 0.3) is 0 Å². The second-order valence-corrected chi connectivity index (χ2v) is 9.21. The van der Waals surface area contributed by atoms with Crippen molar-refractivity contribution in [1.82, 2.24) is 4.31 Å². The molecule has 29 heavy (non-hydrogen) atoms. The summed E-state index contributed by atoms with van der Waals surface area (Å²) in [6, 6.07) is 8.56. The van der Waals surface area contributed by atoms with Crippen LogP contribution in [-0.2, 0) is 14.8 Å². The molecule has 0 unspecified atom stereocenters. The Balaban J connectivity index is 1.80. The third-order valence-corrected chi connectivity index (χ3v) is 7.32. The highest BCUT2D eigenvalue weighted by molar-refractivity contribution is 7.89. The third-order valence-electron chi connectivity index (χ3n) is 5.02. The molecule has 2 aromatic rings. The third kappa shape index (κ3) is 4.55. The minimum absolute atomic E-state index is 0.00739. The highest BCUT2D eigenvalue weighted by atomic mass is 35.5. The van der Waals surface area contributed by atoms with Gasteiger partial charge in [0.2, 0.25) is 15.9 Å². The average Bonchev–Trinajstić information content (AvgIpc) is 2.71. The molecule has 6 nitrogen and oxygen atoms in total. The molecule has 9 heteroatoms. The van der Waals surface area contributed by atoms with Crippen molar-refractivity contribution in [3.8, 4) is 5.75 Å². The highest BCUT2D eigenvalue weighted by Crippen LogP contribution is 2.31. The number of benzene rings is 2. The molecule has 2 aromatic carbocycles. The Morgan fingerprint density at radius 1 is 1.31 bits per heavy atom. The van der Waals surface area contributed by atoms with Crippen molar-refractivity contribution in [1.29, 1.82) is 0 Å². The number of carbonyl (C=O) groups is 1. The van der Waals surface area contributed by atoms with Gasteiger partial charge in [0.15, 0.2) is 0 Å². The van der Waals surface area contributed by atoms with Gasteiger partial charge in [-0.25, -0.2) is 12.8 Å². The van der Waals surface area contributed by atoms with E-state index < -0.39 is 21.8 Å². The SMILES string of the molecule is COc1ccc(F)cc1S(=O)(=O)N1CCC[C@H](C(=O)Nc2cccc(Cl)c2C)C1. The normalized spacial score (nSPS) is 17.7. The van der Waals surface area contributed by atoms with Crippen LogP contribution >= 0.6 is 11.6 Å². The van der Waals surface area contributed by atoms with E-state index in [2.05, 4.69) is 5.32 Å². The number of halogens is 2. The van der Waals surface area contributed by atoms with Crippen LogP contribution in [0.4, 0.5) is 10.1 Å². The topological polar surface area (TPSA) is 75.7 Å². The van der Waals surface area contributed by atoms with Crippen LogP contribution in [0.3, 0.4) is 0 Å².